The second-order valence-electron chi connectivity index (χ2n) is 4.47. The summed E-state index contributed by atoms with van der Waals surface area (Å²) in [5, 5.41) is 11.5. The number of aliphatic hydroxyl groups is 1. The lowest BCUT2D eigenvalue weighted by molar-refractivity contribution is -0.0880. The van der Waals surface area contributed by atoms with Gasteiger partial charge in [-0.05, 0) is 18.4 Å². The van der Waals surface area contributed by atoms with Gasteiger partial charge in [0.25, 0.3) is 0 Å². The third-order valence-electron chi connectivity index (χ3n) is 3.20. The molecular weight excluding hydrogens is 236 g/mol. The van der Waals surface area contributed by atoms with Crippen LogP contribution in [-0.4, -0.2) is 34.9 Å². The third-order valence-corrected chi connectivity index (χ3v) is 4.08. The maximum absolute atomic E-state index is 9.48. The quantitative estimate of drug-likeness (QED) is 0.872. The summed E-state index contributed by atoms with van der Waals surface area (Å²) >= 11 is 1.67. The first-order chi connectivity index (χ1) is 8.25. The van der Waals surface area contributed by atoms with E-state index in [0.29, 0.717) is 13.2 Å². The number of imidazole rings is 1. The van der Waals surface area contributed by atoms with Crippen LogP contribution in [0.3, 0.4) is 0 Å². The minimum absolute atomic E-state index is 0.0732. The largest absolute Gasteiger partial charge is 0.395 e. The number of aliphatic hydroxyl groups excluding tert-OH is 1. The Labute approximate surface area is 103 Å². The number of thiophene rings is 1. The SMILES string of the molecule is Cc1[nH]c(C2(CO)COC2)nc1-c1cccs1. The topological polar surface area (TPSA) is 58.1 Å². The Hall–Kier alpha value is -1.17. The highest BCUT2D eigenvalue weighted by molar-refractivity contribution is 7.13. The highest BCUT2D eigenvalue weighted by Crippen LogP contribution is 2.33. The molecule has 17 heavy (non-hydrogen) atoms. The number of rotatable bonds is 3. The van der Waals surface area contributed by atoms with E-state index in [1.54, 1.807) is 11.3 Å². The van der Waals surface area contributed by atoms with Crippen molar-refractivity contribution in [2.75, 3.05) is 19.8 Å². The summed E-state index contributed by atoms with van der Waals surface area (Å²) in [5.41, 5.74) is 1.71. The number of aromatic nitrogens is 2. The molecular formula is C12H14N2O2S. The normalized spacial score (nSPS) is 18.0. The molecule has 1 fully saturated rings. The van der Waals surface area contributed by atoms with Crippen LogP contribution in [0.5, 0.6) is 0 Å². The summed E-state index contributed by atoms with van der Waals surface area (Å²) in [5.74, 6) is 0.840. The maximum atomic E-state index is 9.48. The average Bonchev–Trinajstić information content (AvgIpc) is 2.86. The lowest BCUT2D eigenvalue weighted by Gasteiger charge is -2.37. The summed E-state index contributed by atoms with van der Waals surface area (Å²) in [6, 6.07) is 4.07. The molecule has 0 bridgehead atoms. The number of aromatic amines is 1. The van der Waals surface area contributed by atoms with Gasteiger partial charge in [-0.25, -0.2) is 4.98 Å². The van der Waals surface area contributed by atoms with Crippen molar-refractivity contribution in [2.24, 2.45) is 0 Å². The molecule has 0 aliphatic carbocycles. The van der Waals surface area contributed by atoms with Gasteiger partial charge in [0.15, 0.2) is 0 Å². The first-order valence-corrected chi connectivity index (χ1v) is 6.43. The van der Waals surface area contributed by atoms with Gasteiger partial charge in [-0.3, -0.25) is 0 Å². The molecule has 1 saturated heterocycles. The van der Waals surface area contributed by atoms with Gasteiger partial charge in [0.05, 0.1) is 30.1 Å². The van der Waals surface area contributed by atoms with Crippen LogP contribution in [0.1, 0.15) is 11.5 Å². The van der Waals surface area contributed by atoms with Crippen molar-refractivity contribution < 1.29 is 9.84 Å². The van der Waals surface area contributed by atoms with E-state index < -0.39 is 0 Å². The van der Waals surface area contributed by atoms with E-state index in [2.05, 4.69) is 16.0 Å². The number of nitrogens with zero attached hydrogens (tertiary/aromatic N) is 1. The molecule has 90 valence electrons. The predicted octanol–water partition coefficient (Wildman–Crippen LogP) is 1.71. The number of nitrogens with one attached hydrogen (secondary N) is 1. The Kier molecular flexibility index (Phi) is 2.54. The molecule has 3 heterocycles. The molecule has 0 atom stereocenters. The highest BCUT2D eigenvalue weighted by atomic mass is 32.1. The number of H-pyrrole nitrogens is 1. The van der Waals surface area contributed by atoms with Gasteiger partial charge >= 0.3 is 0 Å². The van der Waals surface area contributed by atoms with E-state index in [1.807, 2.05) is 18.4 Å². The fraction of sp³-hybridized carbons (Fsp3) is 0.417. The molecule has 0 aromatic carbocycles. The van der Waals surface area contributed by atoms with Crippen LogP contribution in [0.15, 0.2) is 17.5 Å². The first kappa shape index (κ1) is 11.0. The summed E-state index contributed by atoms with van der Waals surface area (Å²) in [6.07, 6.45) is 0. The van der Waals surface area contributed by atoms with Crippen LogP contribution in [-0.2, 0) is 10.2 Å². The number of ether oxygens (including phenoxy) is 1. The lowest BCUT2D eigenvalue weighted by Crippen LogP contribution is -2.50. The second-order valence-corrected chi connectivity index (χ2v) is 5.42. The van der Waals surface area contributed by atoms with Gasteiger partial charge in [0, 0.05) is 5.69 Å². The van der Waals surface area contributed by atoms with E-state index in [0.717, 1.165) is 22.1 Å². The molecule has 1 aliphatic heterocycles. The Bertz CT molecular complexity index is 509. The molecule has 1 aliphatic rings. The lowest BCUT2D eigenvalue weighted by atomic mass is 9.86. The van der Waals surface area contributed by atoms with Gasteiger partial charge in [-0.2, -0.15) is 0 Å². The first-order valence-electron chi connectivity index (χ1n) is 5.55. The fourth-order valence-corrected chi connectivity index (χ4v) is 2.79. The Morgan fingerprint density at radius 3 is 2.94 bits per heavy atom. The molecule has 0 unspecified atom stereocenters. The van der Waals surface area contributed by atoms with Crippen molar-refractivity contribution in [3.8, 4) is 10.6 Å². The highest BCUT2D eigenvalue weighted by Gasteiger charge is 2.43. The molecule has 2 N–H and O–H groups in total. The van der Waals surface area contributed by atoms with Crippen molar-refractivity contribution in [3.05, 3.63) is 29.0 Å². The van der Waals surface area contributed by atoms with Gasteiger partial charge in [-0.15, -0.1) is 11.3 Å². The molecule has 5 heteroatoms. The van der Waals surface area contributed by atoms with Gasteiger partial charge in [0.2, 0.25) is 0 Å². The van der Waals surface area contributed by atoms with E-state index in [1.165, 1.54) is 0 Å². The number of aryl methyl sites for hydroxylation is 1. The molecule has 0 amide bonds. The standard InChI is InChI=1S/C12H14N2O2S/c1-8-10(9-3-2-4-17-9)14-11(13-8)12(5-15)6-16-7-12/h2-4,15H,5-7H2,1H3,(H,13,14). The van der Waals surface area contributed by atoms with E-state index in [4.69, 9.17) is 4.74 Å². The molecule has 4 nitrogen and oxygen atoms in total. The zero-order valence-corrected chi connectivity index (χ0v) is 10.4. The Morgan fingerprint density at radius 1 is 1.59 bits per heavy atom. The summed E-state index contributed by atoms with van der Waals surface area (Å²) in [6.45, 7) is 3.17. The molecule has 0 spiro atoms. The molecule has 0 radical (unpaired) electrons. The molecule has 3 rings (SSSR count). The number of hydrogen-bond acceptors (Lipinski definition) is 4. The summed E-state index contributed by atoms with van der Waals surface area (Å²) in [7, 11) is 0. The van der Waals surface area contributed by atoms with Crippen molar-refractivity contribution in [3.63, 3.8) is 0 Å². The minimum Gasteiger partial charge on any atom is -0.395 e. The van der Waals surface area contributed by atoms with E-state index in [-0.39, 0.29) is 12.0 Å². The molecule has 0 saturated carbocycles. The van der Waals surface area contributed by atoms with Crippen molar-refractivity contribution in [1.82, 2.24) is 9.97 Å². The monoisotopic (exact) mass is 250 g/mol. The predicted molar refractivity (Wildman–Crippen MR) is 66.2 cm³/mol. The van der Waals surface area contributed by atoms with Gasteiger partial charge in [0.1, 0.15) is 11.5 Å². The third kappa shape index (κ3) is 1.62. The van der Waals surface area contributed by atoms with Crippen LogP contribution in [0.4, 0.5) is 0 Å². The molecule has 2 aromatic rings. The Balaban J connectivity index is 2.01. The van der Waals surface area contributed by atoms with Crippen LogP contribution >= 0.6 is 11.3 Å². The zero-order valence-electron chi connectivity index (χ0n) is 9.56. The number of hydrogen-bond donors (Lipinski definition) is 2. The van der Waals surface area contributed by atoms with Crippen LogP contribution in [0.2, 0.25) is 0 Å². The average molecular weight is 250 g/mol. The Morgan fingerprint density at radius 2 is 2.41 bits per heavy atom. The smallest absolute Gasteiger partial charge is 0.120 e. The van der Waals surface area contributed by atoms with Gasteiger partial charge in [-0.1, -0.05) is 6.07 Å². The van der Waals surface area contributed by atoms with E-state index >= 15 is 0 Å². The van der Waals surface area contributed by atoms with Gasteiger partial charge < -0.3 is 14.8 Å². The van der Waals surface area contributed by atoms with Crippen LogP contribution in [0, 0.1) is 6.92 Å². The van der Waals surface area contributed by atoms with Crippen molar-refractivity contribution >= 4 is 11.3 Å². The minimum atomic E-state index is -0.319. The van der Waals surface area contributed by atoms with Crippen LogP contribution in [0.25, 0.3) is 10.6 Å². The maximum Gasteiger partial charge on any atom is 0.120 e. The zero-order chi connectivity index (χ0) is 11.9. The summed E-state index contributed by atoms with van der Waals surface area (Å²) in [4.78, 5) is 9.07. The fourth-order valence-electron chi connectivity index (χ4n) is 2.02. The molecule has 2 aromatic heterocycles. The second kappa shape index (κ2) is 3.94. The van der Waals surface area contributed by atoms with Crippen molar-refractivity contribution in [1.29, 1.82) is 0 Å². The summed E-state index contributed by atoms with van der Waals surface area (Å²) < 4.78 is 5.21. The van der Waals surface area contributed by atoms with Crippen molar-refractivity contribution in [2.45, 2.75) is 12.3 Å². The van der Waals surface area contributed by atoms with E-state index in [9.17, 15) is 5.11 Å². The van der Waals surface area contributed by atoms with Crippen LogP contribution < -0.4 is 0 Å².